The SMILES string of the molecule is Cn1c(N2CCc3ccc(C(=O)O)cc3C2c2ccccc2Cl)nc(-c2nc3ccccc3o2)c(O)c1=O. The van der Waals surface area contributed by atoms with Crippen LogP contribution in [0.5, 0.6) is 5.75 Å². The molecular formula is C28H21ClN4O5. The molecule has 190 valence electrons. The summed E-state index contributed by atoms with van der Waals surface area (Å²) in [4.78, 5) is 36.0. The molecule has 3 heterocycles. The molecule has 6 rings (SSSR count). The van der Waals surface area contributed by atoms with Crippen LogP contribution in [0.15, 0.2) is 75.9 Å². The zero-order chi connectivity index (χ0) is 26.6. The number of carboxylic acid groups (broad SMARTS) is 1. The highest BCUT2D eigenvalue weighted by Gasteiger charge is 2.34. The molecule has 0 saturated heterocycles. The first-order valence-electron chi connectivity index (χ1n) is 11.9. The van der Waals surface area contributed by atoms with Crippen molar-refractivity contribution in [2.45, 2.75) is 12.5 Å². The predicted octanol–water partition coefficient (Wildman–Crippen LogP) is 4.80. The molecule has 3 aromatic carbocycles. The van der Waals surface area contributed by atoms with Gasteiger partial charge in [-0.05, 0) is 53.4 Å². The van der Waals surface area contributed by atoms with Crippen LogP contribution < -0.4 is 10.5 Å². The van der Waals surface area contributed by atoms with E-state index in [2.05, 4.69) is 9.97 Å². The van der Waals surface area contributed by atoms with Crippen LogP contribution in [0.4, 0.5) is 5.95 Å². The van der Waals surface area contributed by atoms with Crippen molar-refractivity contribution >= 4 is 34.6 Å². The van der Waals surface area contributed by atoms with Gasteiger partial charge < -0.3 is 19.5 Å². The Morgan fingerprint density at radius 2 is 1.82 bits per heavy atom. The van der Waals surface area contributed by atoms with Gasteiger partial charge in [-0.3, -0.25) is 9.36 Å². The van der Waals surface area contributed by atoms with Crippen LogP contribution in [0.25, 0.3) is 22.7 Å². The van der Waals surface area contributed by atoms with Gasteiger partial charge in [0.15, 0.2) is 11.3 Å². The van der Waals surface area contributed by atoms with Gasteiger partial charge in [0.05, 0.1) is 11.6 Å². The lowest BCUT2D eigenvalue weighted by Gasteiger charge is -2.39. The Kier molecular flexibility index (Phi) is 5.65. The summed E-state index contributed by atoms with van der Waals surface area (Å²) in [5.41, 5.74) is 2.89. The molecule has 0 amide bonds. The zero-order valence-electron chi connectivity index (χ0n) is 20.1. The highest BCUT2D eigenvalue weighted by atomic mass is 35.5. The number of fused-ring (bicyclic) bond motifs is 2. The highest BCUT2D eigenvalue weighted by molar-refractivity contribution is 6.31. The number of hydrogen-bond acceptors (Lipinski definition) is 7. The number of carboxylic acids is 1. The van der Waals surface area contributed by atoms with Crippen LogP contribution in [0.2, 0.25) is 5.02 Å². The number of rotatable bonds is 4. The lowest BCUT2D eigenvalue weighted by Crippen LogP contribution is -2.40. The lowest BCUT2D eigenvalue weighted by molar-refractivity contribution is 0.0696. The quantitative estimate of drug-likeness (QED) is 0.341. The Labute approximate surface area is 221 Å². The fourth-order valence-corrected chi connectivity index (χ4v) is 5.19. The Hall–Kier alpha value is -4.63. The third-order valence-electron chi connectivity index (χ3n) is 6.82. The van der Waals surface area contributed by atoms with Gasteiger partial charge >= 0.3 is 5.97 Å². The Bertz CT molecular complexity index is 1760. The maximum absolute atomic E-state index is 13.2. The van der Waals surface area contributed by atoms with Crippen LogP contribution >= 0.6 is 11.6 Å². The van der Waals surface area contributed by atoms with E-state index in [4.69, 9.17) is 16.0 Å². The van der Waals surface area contributed by atoms with E-state index in [0.717, 1.165) is 16.7 Å². The van der Waals surface area contributed by atoms with E-state index >= 15 is 0 Å². The maximum atomic E-state index is 13.2. The van der Waals surface area contributed by atoms with Gasteiger partial charge in [-0.2, -0.15) is 0 Å². The average molecular weight is 529 g/mol. The van der Waals surface area contributed by atoms with Crippen molar-refractivity contribution in [1.82, 2.24) is 14.5 Å². The minimum absolute atomic E-state index is 0.0162. The molecular weight excluding hydrogens is 508 g/mol. The van der Waals surface area contributed by atoms with Crippen molar-refractivity contribution in [3.05, 3.63) is 104 Å². The number of para-hydroxylation sites is 2. The first kappa shape index (κ1) is 23.7. The second-order valence-corrected chi connectivity index (χ2v) is 9.45. The summed E-state index contributed by atoms with van der Waals surface area (Å²) in [5, 5.41) is 20.9. The van der Waals surface area contributed by atoms with Gasteiger partial charge in [-0.25, -0.2) is 14.8 Å². The first-order chi connectivity index (χ1) is 18.3. The second kappa shape index (κ2) is 9.04. The molecule has 0 fully saturated rings. The number of aromatic carboxylic acids is 1. The number of oxazole rings is 1. The van der Waals surface area contributed by atoms with E-state index < -0.39 is 23.3 Å². The predicted molar refractivity (Wildman–Crippen MR) is 142 cm³/mol. The minimum Gasteiger partial charge on any atom is -0.501 e. The topological polar surface area (TPSA) is 122 Å². The van der Waals surface area contributed by atoms with E-state index in [1.807, 2.05) is 35.2 Å². The standard InChI is InChI=1S/C28H21ClN4O5/c1-32-26(35)24(34)22(25-30-20-8-4-5-9-21(20)38-25)31-28(32)33-13-12-15-10-11-16(27(36)37)14-18(15)23(33)17-6-2-3-7-19(17)29/h2-11,14,23,34H,12-13H2,1H3,(H,36,37). The molecule has 0 saturated carbocycles. The van der Waals surface area contributed by atoms with Crippen LogP contribution in [-0.4, -0.2) is 37.3 Å². The number of hydrogen-bond donors (Lipinski definition) is 2. The minimum atomic E-state index is -1.05. The summed E-state index contributed by atoms with van der Waals surface area (Å²) < 4.78 is 7.08. The van der Waals surface area contributed by atoms with Crippen molar-refractivity contribution < 1.29 is 19.4 Å². The summed E-state index contributed by atoms with van der Waals surface area (Å²) >= 11 is 6.65. The molecule has 1 unspecified atom stereocenters. The summed E-state index contributed by atoms with van der Waals surface area (Å²) in [6.07, 6.45) is 0.575. The molecule has 1 aliphatic rings. The molecule has 2 aromatic heterocycles. The van der Waals surface area contributed by atoms with Crippen LogP contribution in [0.3, 0.4) is 0 Å². The van der Waals surface area contributed by atoms with E-state index in [1.54, 1.807) is 36.4 Å². The van der Waals surface area contributed by atoms with Crippen molar-refractivity contribution in [2.24, 2.45) is 7.05 Å². The van der Waals surface area contributed by atoms with Crippen LogP contribution in [0, 0.1) is 0 Å². The summed E-state index contributed by atoms with van der Waals surface area (Å²) in [6.45, 7) is 0.452. The molecule has 0 bridgehead atoms. The van der Waals surface area contributed by atoms with E-state index in [1.165, 1.54) is 11.6 Å². The Morgan fingerprint density at radius 1 is 1.05 bits per heavy atom. The number of nitrogens with zero attached hydrogens (tertiary/aromatic N) is 4. The molecule has 10 heteroatoms. The highest BCUT2D eigenvalue weighted by Crippen LogP contribution is 2.41. The zero-order valence-corrected chi connectivity index (χ0v) is 20.9. The molecule has 38 heavy (non-hydrogen) atoms. The molecule has 9 nitrogen and oxygen atoms in total. The fourth-order valence-electron chi connectivity index (χ4n) is 4.95. The Balaban J connectivity index is 1.58. The van der Waals surface area contributed by atoms with Gasteiger partial charge in [0.1, 0.15) is 5.52 Å². The number of carbonyl (C=O) groups is 1. The van der Waals surface area contributed by atoms with E-state index in [0.29, 0.717) is 29.1 Å². The monoisotopic (exact) mass is 528 g/mol. The number of aromatic hydroxyl groups is 1. The van der Waals surface area contributed by atoms with Crippen molar-refractivity contribution in [2.75, 3.05) is 11.4 Å². The van der Waals surface area contributed by atoms with Gasteiger partial charge in [-0.15, -0.1) is 0 Å². The smallest absolute Gasteiger partial charge is 0.335 e. The van der Waals surface area contributed by atoms with Crippen molar-refractivity contribution in [3.8, 4) is 17.3 Å². The number of anilines is 1. The lowest BCUT2D eigenvalue weighted by atomic mass is 9.87. The molecule has 1 atom stereocenters. The second-order valence-electron chi connectivity index (χ2n) is 9.05. The number of aromatic nitrogens is 3. The third kappa shape index (κ3) is 3.79. The van der Waals surface area contributed by atoms with Crippen LogP contribution in [-0.2, 0) is 13.5 Å². The molecule has 0 radical (unpaired) electrons. The number of halogens is 1. The molecule has 1 aliphatic heterocycles. The largest absolute Gasteiger partial charge is 0.501 e. The summed E-state index contributed by atoms with van der Waals surface area (Å²) in [5.74, 6) is -1.36. The molecule has 5 aromatic rings. The fraction of sp³-hybridized carbons (Fsp3) is 0.143. The van der Waals surface area contributed by atoms with Gasteiger partial charge in [-0.1, -0.05) is 48.0 Å². The van der Waals surface area contributed by atoms with Crippen molar-refractivity contribution in [3.63, 3.8) is 0 Å². The van der Waals surface area contributed by atoms with Gasteiger partial charge in [0.2, 0.25) is 11.7 Å². The van der Waals surface area contributed by atoms with Gasteiger partial charge in [0, 0.05) is 18.6 Å². The summed E-state index contributed by atoms with van der Waals surface area (Å²) in [6, 6.07) is 18.9. The number of benzene rings is 3. The maximum Gasteiger partial charge on any atom is 0.335 e. The Morgan fingerprint density at radius 3 is 2.58 bits per heavy atom. The van der Waals surface area contributed by atoms with E-state index in [-0.39, 0.29) is 23.1 Å². The first-order valence-corrected chi connectivity index (χ1v) is 12.2. The normalized spacial score (nSPS) is 15.0. The molecule has 0 aliphatic carbocycles. The van der Waals surface area contributed by atoms with Crippen LogP contribution in [0.1, 0.15) is 33.1 Å². The molecule has 2 N–H and O–H groups in total. The third-order valence-corrected chi connectivity index (χ3v) is 7.16. The molecule has 0 spiro atoms. The summed E-state index contributed by atoms with van der Waals surface area (Å²) in [7, 11) is 1.52. The van der Waals surface area contributed by atoms with E-state index in [9.17, 15) is 19.8 Å². The van der Waals surface area contributed by atoms with Crippen molar-refractivity contribution in [1.29, 1.82) is 0 Å². The average Bonchev–Trinajstić information content (AvgIpc) is 3.35. The van der Waals surface area contributed by atoms with Gasteiger partial charge in [0.25, 0.3) is 11.4 Å².